The van der Waals surface area contributed by atoms with Gasteiger partial charge in [-0.1, -0.05) is 13.8 Å². The van der Waals surface area contributed by atoms with Crippen molar-refractivity contribution < 1.29 is 11.0 Å². The molecule has 0 aromatic rings. The van der Waals surface area contributed by atoms with Gasteiger partial charge in [-0.25, -0.2) is 0 Å². The van der Waals surface area contributed by atoms with Gasteiger partial charge in [0.2, 0.25) is 0 Å². The van der Waals surface area contributed by atoms with Crippen LogP contribution in [0, 0.1) is 0 Å². The highest BCUT2D eigenvalue weighted by atomic mass is 16.2. The topological polar surface area (TPSA) is 46.2 Å². The first-order valence-corrected chi connectivity index (χ1v) is 3.24. The highest BCUT2D eigenvalue weighted by molar-refractivity contribution is 6.15. The molecule has 0 spiro atoms. The zero-order valence-electron chi connectivity index (χ0n) is 6.39. The second-order valence-corrected chi connectivity index (χ2v) is 1.65. The molecule has 2 amide bonds. The van der Waals surface area contributed by atoms with E-state index in [9.17, 15) is 9.59 Å². The molecule has 1 heterocycles. The van der Waals surface area contributed by atoms with E-state index in [1.54, 1.807) is 6.92 Å². The lowest BCUT2D eigenvalue weighted by Gasteiger charge is -1.84. The van der Waals surface area contributed by atoms with Gasteiger partial charge in [-0.15, -0.1) is 0 Å². The summed E-state index contributed by atoms with van der Waals surface area (Å²) in [6, 6.07) is 0. The summed E-state index contributed by atoms with van der Waals surface area (Å²) in [7, 11) is 0. The van der Waals surface area contributed by atoms with Crippen LogP contribution in [-0.2, 0) is 9.59 Å². The third-order valence-corrected chi connectivity index (χ3v) is 0.942. The Morgan fingerprint density at radius 2 is 1.90 bits per heavy atom. The first kappa shape index (κ1) is 8.88. The Morgan fingerprint density at radius 1 is 1.40 bits per heavy atom. The minimum Gasteiger partial charge on any atom is -0.289 e. The predicted molar refractivity (Wildman–Crippen MR) is 40.4 cm³/mol. The Hall–Kier alpha value is -1.12. The van der Waals surface area contributed by atoms with Crippen molar-refractivity contribution >= 4 is 11.8 Å². The van der Waals surface area contributed by atoms with Gasteiger partial charge in [0, 0.05) is 13.1 Å². The summed E-state index contributed by atoms with van der Waals surface area (Å²) >= 11 is 0. The highest BCUT2D eigenvalue weighted by Crippen LogP contribution is 1.97. The van der Waals surface area contributed by atoms with Crippen molar-refractivity contribution in [2.75, 3.05) is 0 Å². The molecule has 0 aromatic heterocycles. The summed E-state index contributed by atoms with van der Waals surface area (Å²) in [4.78, 5) is 20.6. The molecule has 0 bridgehead atoms. The van der Waals surface area contributed by atoms with Crippen molar-refractivity contribution in [3.8, 4) is 0 Å². The Morgan fingerprint density at radius 3 is 2.00 bits per heavy atom. The Balaban J connectivity index is 0. The lowest BCUT2D eigenvalue weighted by atomic mass is 10.3. The van der Waals surface area contributed by atoms with Gasteiger partial charge >= 0.3 is 0 Å². The monoisotopic (exact) mass is 143 g/mol. The quantitative estimate of drug-likeness (QED) is 0.511. The SMILES string of the molecule is CC.CC1=CC(=O)NC1=O.[HH]. The average molecular weight is 143 g/mol. The second kappa shape index (κ2) is 3.82. The Labute approximate surface area is 61.6 Å². The summed E-state index contributed by atoms with van der Waals surface area (Å²) < 4.78 is 0. The van der Waals surface area contributed by atoms with Gasteiger partial charge < -0.3 is 0 Å². The van der Waals surface area contributed by atoms with Crippen molar-refractivity contribution in [1.82, 2.24) is 5.32 Å². The number of hydrogen-bond donors (Lipinski definition) is 1. The number of carbonyl (C=O) groups is 2. The Bertz CT molecular complexity index is 187. The van der Waals surface area contributed by atoms with Gasteiger partial charge in [-0.05, 0) is 6.92 Å². The largest absolute Gasteiger partial charge is 0.289 e. The van der Waals surface area contributed by atoms with Crippen molar-refractivity contribution in [2.45, 2.75) is 20.8 Å². The second-order valence-electron chi connectivity index (χ2n) is 1.65. The molecule has 0 saturated heterocycles. The molecular formula is C7H13NO2. The molecule has 1 aliphatic heterocycles. The summed E-state index contributed by atoms with van der Waals surface area (Å²) in [5.74, 6) is -0.595. The first-order valence-electron chi connectivity index (χ1n) is 3.24. The molecule has 10 heavy (non-hydrogen) atoms. The summed E-state index contributed by atoms with van der Waals surface area (Å²) in [5.41, 5.74) is 0.481. The van der Waals surface area contributed by atoms with E-state index in [1.807, 2.05) is 13.8 Å². The Kier molecular flexibility index (Phi) is 3.39. The molecule has 0 saturated carbocycles. The number of nitrogens with one attached hydrogen (secondary N) is 1. The zero-order valence-corrected chi connectivity index (χ0v) is 6.39. The average Bonchev–Trinajstić information content (AvgIpc) is 2.16. The van der Waals surface area contributed by atoms with Crippen LogP contribution in [0.15, 0.2) is 11.6 Å². The number of hydrogen-bond acceptors (Lipinski definition) is 2. The van der Waals surface area contributed by atoms with Crippen LogP contribution < -0.4 is 5.32 Å². The molecule has 0 fully saturated rings. The van der Waals surface area contributed by atoms with Crippen LogP contribution in [0.3, 0.4) is 0 Å². The van der Waals surface area contributed by atoms with Gasteiger partial charge in [0.05, 0.1) is 0 Å². The molecule has 1 N–H and O–H groups in total. The number of rotatable bonds is 0. The number of imide groups is 1. The van der Waals surface area contributed by atoms with E-state index in [0.29, 0.717) is 5.57 Å². The zero-order chi connectivity index (χ0) is 8.15. The molecule has 0 radical (unpaired) electrons. The molecule has 0 unspecified atom stereocenters. The molecule has 58 valence electrons. The van der Waals surface area contributed by atoms with Gasteiger partial charge in [0.15, 0.2) is 0 Å². The smallest absolute Gasteiger partial charge is 0.253 e. The first-order chi connectivity index (χ1) is 4.70. The van der Waals surface area contributed by atoms with Crippen molar-refractivity contribution in [1.29, 1.82) is 0 Å². The molecule has 1 rings (SSSR count). The van der Waals surface area contributed by atoms with Crippen molar-refractivity contribution in [3.63, 3.8) is 0 Å². The molecule has 3 nitrogen and oxygen atoms in total. The minimum absolute atomic E-state index is 0. The maximum absolute atomic E-state index is 10.4. The lowest BCUT2D eigenvalue weighted by Crippen LogP contribution is -2.21. The van der Waals surface area contributed by atoms with Crippen molar-refractivity contribution in [2.24, 2.45) is 0 Å². The third-order valence-electron chi connectivity index (χ3n) is 0.942. The van der Waals surface area contributed by atoms with E-state index < -0.39 is 0 Å². The van der Waals surface area contributed by atoms with E-state index in [-0.39, 0.29) is 13.2 Å². The van der Waals surface area contributed by atoms with Crippen LogP contribution in [0.4, 0.5) is 0 Å². The standard InChI is InChI=1S/C5H5NO2.C2H6.H2/c1-3-2-4(7)6-5(3)8;1-2;/h2H,1H3,(H,6,7,8);1-2H3;1H. The predicted octanol–water partition coefficient (Wildman–Crippen LogP) is 0.861. The van der Waals surface area contributed by atoms with E-state index in [0.717, 1.165) is 0 Å². The van der Waals surface area contributed by atoms with E-state index in [1.165, 1.54) is 6.08 Å². The van der Waals surface area contributed by atoms with Crippen LogP contribution in [0.2, 0.25) is 0 Å². The van der Waals surface area contributed by atoms with E-state index >= 15 is 0 Å². The molecule has 0 atom stereocenters. The van der Waals surface area contributed by atoms with Crippen LogP contribution in [-0.4, -0.2) is 11.8 Å². The summed E-state index contributed by atoms with van der Waals surface area (Å²) in [6.45, 7) is 5.60. The lowest BCUT2D eigenvalue weighted by molar-refractivity contribution is -0.123. The number of carbonyl (C=O) groups excluding carboxylic acids is 2. The molecule has 0 aliphatic carbocycles. The maximum Gasteiger partial charge on any atom is 0.253 e. The van der Waals surface area contributed by atoms with Crippen molar-refractivity contribution in [3.05, 3.63) is 11.6 Å². The van der Waals surface area contributed by atoms with Crippen LogP contribution in [0.25, 0.3) is 0 Å². The fraction of sp³-hybridized carbons (Fsp3) is 0.429. The number of amides is 2. The van der Waals surface area contributed by atoms with Crippen LogP contribution in [0.1, 0.15) is 22.2 Å². The summed E-state index contributed by atoms with van der Waals surface area (Å²) in [6.07, 6.45) is 1.28. The van der Waals surface area contributed by atoms with Gasteiger partial charge in [-0.2, -0.15) is 0 Å². The van der Waals surface area contributed by atoms with Gasteiger partial charge in [0.25, 0.3) is 11.8 Å². The van der Waals surface area contributed by atoms with E-state index in [2.05, 4.69) is 5.32 Å². The fourth-order valence-corrected chi connectivity index (χ4v) is 0.509. The van der Waals surface area contributed by atoms with Crippen LogP contribution >= 0.6 is 0 Å². The fourth-order valence-electron chi connectivity index (χ4n) is 0.509. The third kappa shape index (κ3) is 2.01. The van der Waals surface area contributed by atoms with Gasteiger partial charge in [-0.3, -0.25) is 14.9 Å². The highest BCUT2D eigenvalue weighted by Gasteiger charge is 2.15. The molecule has 3 heteroatoms. The van der Waals surface area contributed by atoms with Crippen LogP contribution in [0.5, 0.6) is 0 Å². The summed E-state index contributed by atoms with van der Waals surface area (Å²) in [5, 5.41) is 2.10. The molecule has 1 aliphatic rings. The minimum atomic E-state index is -0.312. The normalized spacial score (nSPS) is 15.3. The van der Waals surface area contributed by atoms with E-state index in [4.69, 9.17) is 0 Å². The maximum atomic E-state index is 10.4. The van der Waals surface area contributed by atoms with Gasteiger partial charge in [0.1, 0.15) is 0 Å². The molecule has 0 aromatic carbocycles. The molecular weight excluding hydrogens is 130 g/mol.